The van der Waals surface area contributed by atoms with Gasteiger partial charge in [-0.1, -0.05) is 164 Å². The van der Waals surface area contributed by atoms with E-state index in [0.717, 1.165) is 44.3 Å². The highest BCUT2D eigenvalue weighted by Gasteiger charge is 2.18. The molecular formula is C51H34N2S. The normalized spacial score (nSPS) is 11.3. The van der Waals surface area contributed by atoms with Crippen molar-refractivity contribution in [3.63, 3.8) is 0 Å². The van der Waals surface area contributed by atoms with E-state index in [1.54, 1.807) is 11.3 Å². The summed E-state index contributed by atoms with van der Waals surface area (Å²) in [5, 5.41) is 6.03. The van der Waals surface area contributed by atoms with E-state index in [0.29, 0.717) is 0 Å². The number of fused-ring (bicyclic) bond motifs is 5. The molecule has 0 N–H and O–H groups in total. The maximum Gasteiger partial charge on any atom is 0.124 e. The molecule has 0 spiro atoms. The molecule has 54 heavy (non-hydrogen) atoms. The van der Waals surface area contributed by atoms with E-state index >= 15 is 0 Å². The summed E-state index contributed by atoms with van der Waals surface area (Å²) in [7, 11) is 0. The monoisotopic (exact) mass is 706 g/mol. The van der Waals surface area contributed by atoms with Crippen LogP contribution in [-0.4, -0.2) is 4.98 Å². The maximum atomic E-state index is 5.32. The van der Waals surface area contributed by atoms with Crippen LogP contribution in [0.4, 0.5) is 17.1 Å². The average molecular weight is 707 g/mol. The Kier molecular flexibility index (Phi) is 8.05. The Morgan fingerprint density at radius 3 is 1.37 bits per heavy atom. The number of hydrogen-bond donors (Lipinski definition) is 0. The zero-order valence-electron chi connectivity index (χ0n) is 29.4. The Balaban J connectivity index is 1.10. The number of benzene rings is 9. The first kappa shape index (κ1) is 31.9. The minimum absolute atomic E-state index is 1.04. The van der Waals surface area contributed by atoms with Crippen LogP contribution < -0.4 is 4.90 Å². The second kappa shape index (κ2) is 13.6. The Hall–Kier alpha value is -6.81. The predicted octanol–water partition coefficient (Wildman–Crippen LogP) is 14.7. The fraction of sp³-hybridized carbons (Fsp3) is 0. The molecule has 1 heterocycles. The third-order valence-electron chi connectivity index (χ3n) is 10.3. The predicted molar refractivity (Wildman–Crippen MR) is 231 cm³/mol. The minimum atomic E-state index is 1.04. The number of rotatable bonds is 7. The van der Waals surface area contributed by atoms with Gasteiger partial charge in [0.1, 0.15) is 5.01 Å². The number of thiazole rings is 1. The van der Waals surface area contributed by atoms with E-state index in [2.05, 4.69) is 211 Å². The topological polar surface area (TPSA) is 16.1 Å². The molecular weight excluding hydrogens is 673 g/mol. The van der Waals surface area contributed by atoms with E-state index in [-0.39, 0.29) is 0 Å². The molecule has 0 saturated heterocycles. The average Bonchev–Trinajstić information content (AvgIpc) is 3.71. The smallest absolute Gasteiger partial charge is 0.124 e. The molecule has 0 unspecified atom stereocenters. The highest BCUT2D eigenvalue weighted by molar-refractivity contribution is 7.22. The van der Waals surface area contributed by atoms with Crippen LogP contribution in [-0.2, 0) is 0 Å². The highest BCUT2D eigenvalue weighted by atomic mass is 32.1. The van der Waals surface area contributed by atoms with Crippen molar-refractivity contribution in [2.24, 2.45) is 0 Å². The SMILES string of the molecule is c1ccc(-c2ccc(N(c3ccc(-c4ccccc4)cc3)c3ccc(-c4cc5c6ccccc6ccc5c5sc(-c6ccccc6)nc45)cc3)cc2)cc1. The molecule has 0 amide bonds. The molecule has 0 bridgehead atoms. The molecule has 0 radical (unpaired) electrons. The third kappa shape index (κ3) is 5.81. The number of hydrogen-bond acceptors (Lipinski definition) is 3. The first-order valence-electron chi connectivity index (χ1n) is 18.3. The lowest BCUT2D eigenvalue weighted by Gasteiger charge is -2.26. The summed E-state index contributed by atoms with van der Waals surface area (Å²) in [5.41, 5.74) is 12.6. The number of aromatic nitrogens is 1. The molecule has 3 heteroatoms. The van der Waals surface area contributed by atoms with E-state index in [1.165, 1.54) is 48.5 Å². The van der Waals surface area contributed by atoms with Crippen LogP contribution in [0.3, 0.4) is 0 Å². The highest BCUT2D eigenvalue weighted by Crippen LogP contribution is 2.44. The van der Waals surface area contributed by atoms with Gasteiger partial charge in [0.15, 0.2) is 0 Å². The molecule has 0 aliphatic carbocycles. The molecule has 0 saturated carbocycles. The van der Waals surface area contributed by atoms with Gasteiger partial charge in [0.25, 0.3) is 0 Å². The van der Waals surface area contributed by atoms with Crippen LogP contribution in [0.25, 0.3) is 75.7 Å². The molecule has 0 atom stereocenters. The van der Waals surface area contributed by atoms with E-state index in [4.69, 9.17) is 4.98 Å². The van der Waals surface area contributed by atoms with Crippen molar-refractivity contribution in [3.8, 4) is 44.0 Å². The largest absolute Gasteiger partial charge is 0.311 e. The van der Waals surface area contributed by atoms with Gasteiger partial charge >= 0.3 is 0 Å². The van der Waals surface area contributed by atoms with Crippen LogP contribution in [0.5, 0.6) is 0 Å². The van der Waals surface area contributed by atoms with Crippen molar-refractivity contribution >= 4 is 60.2 Å². The first-order chi connectivity index (χ1) is 26.8. The van der Waals surface area contributed by atoms with Gasteiger partial charge < -0.3 is 4.90 Å². The Morgan fingerprint density at radius 1 is 0.352 bits per heavy atom. The lowest BCUT2D eigenvalue weighted by molar-refractivity contribution is 1.28. The van der Waals surface area contributed by atoms with Crippen molar-refractivity contribution in [2.75, 3.05) is 4.90 Å². The summed E-state index contributed by atoms with van der Waals surface area (Å²) >= 11 is 1.78. The van der Waals surface area contributed by atoms with Gasteiger partial charge in [-0.15, -0.1) is 11.3 Å². The van der Waals surface area contributed by atoms with Crippen molar-refractivity contribution in [1.29, 1.82) is 0 Å². The van der Waals surface area contributed by atoms with Gasteiger partial charge in [-0.25, -0.2) is 4.98 Å². The zero-order chi connectivity index (χ0) is 35.8. The second-order valence-electron chi connectivity index (χ2n) is 13.6. The van der Waals surface area contributed by atoms with Crippen LogP contribution >= 0.6 is 11.3 Å². The van der Waals surface area contributed by atoms with Crippen LogP contribution in [0.1, 0.15) is 0 Å². The summed E-state index contributed by atoms with van der Waals surface area (Å²) in [6, 6.07) is 73.9. The van der Waals surface area contributed by atoms with Crippen molar-refractivity contribution in [1.82, 2.24) is 4.98 Å². The summed E-state index contributed by atoms with van der Waals surface area (Å²) < 4.78 is 1.22. The summed E-state index contributed by atoms with van der Waals surface area (Å²) in [6.45, 7) is 0. The van der Waals surface area contributed by atoms with Gasteiger partial charge in [-0.05, 0) is 86.4 Å². The van der Waals surface area contributed by atoms with Crippen molar-refractivity contribution in [2.45, 2.75) is 0 Å². The molecule has 0 fully saturated rings. The van der Waals surface area contributed by atoms with Gasteiger partial charge in [0.2, 0.25) is 0 Å². The van der Waals surface area contributed by atoms with Gasteiger partial charge in [-0.3, -0.25) is 0 Å². The van der Waals surface area contributed by atoms with E-state index < -0.39 is 0 Å². The molecule has 2 nitrogen and oxygen atoms in total. The van der Waals surface area contributed by atoms with E-state index in [9.17, 15) is 0 Å². The molecule has 9 aromatic carbocycles. The quantitative estimate of drug-likeness (QED) is 0.153. The zero-order valence-corrected chi connectivity index (χ0v) is 30.2. The van der Waals surface area contributed by atoms with Gasteiger partial charge in [-0.2, -0.15) is 0 Å². The number of nitrogens with zero attached hydrogens (tertiary/aromatic N) is 2. The lowest BCUT2D eigenvalue weighted by Crippen LogP contribution is -2.09. The molecule has 10 aromatic rings. The third-order valence-corrected chi connectivity index (χ3v) is 11.4. The Labute approximate surface area is 318 Å². The summed E-state index contributed by atoms with van der Waals surface area (Å²) in [5.74, 6) is 0. The van der Waals surface area contributed by atoms with Gasteiger partial charge in [0.05, 0.1) is 10.2 Å². The Bertz CT molecular complexity index is 2800. The molecule has 0 aliphatic rings. The van der Waals surface area contributed by atoms with Crippen LogP contribution in [0.2, 0.25) is 0 Å². The van der Waals surface area contributed by atoms with Crippen LogP contribution in [0.15, 0.2) is 206 Å². The van der Waals surface area contributed by atoms with E-state index in [1.807, 2.05) is 0 Å². The molecule has 1 aromatic heterocycles. The van der Waals surface area contributed by atoms with Crippen molar-refractivity contribution in [3.05, 3.63) is 206 Å². The maximum absolute atomic E-state index is 5.32. The van der Waals surface area contributed by atoms with Crippen LogP contribution in [0, 0.1) is 0 Å². The summed E-state index contributed by atoms with van der Waals surface area (Å²) in [4.78, 5) is 7.66. The fourth-order valence-corrected chi connectivity index (χ4v) is 8.70. The Morgan fingerprint density at radius 2 is 0.815 bits per heavy atom. The molecule has 10 rings (SSSR count). The molecule has 254 valence electrons. The van der Waals surface area contributed by atoms with Crippen molar-refractivity contribution < 1.29 is 0 Å². The number of anilines is 3. The van der Waals surface area contributed by atoms with Gasteiger partial charge in [0, 0.05) is 33.6 Å². The minimum Gasteiger partial charge on any atom is -0.311 e. The lowest BCUT2D eigenvalue weighted by atomic mass is 9.96. The second-order valence-corrected chi connectivity index (χ2v) is 14.6. The standard InChI is InChI=1S/C51H34N2S/c1-4-12-35(13-5-1)37-20-27-42(28-21-37)53(43-29-22-38(23-30-43)36-14-6-2-7-15-36)44-31-24-40(25-32-44)47-34-48-45-19-11-10-16-39(45)26-33-46(48)50-49(47)52-51(54-50)41-17-8-3-9-18-41/h1-34H. The fourth-order valence-electron chi connectivity index (χ4n) is 7.58. The first-order valence-corrected chi connectivity index (χ1v) is 19.1. The summed E-state index contributed by atoms with van der Waals surface area (Å²) in [6.07, 6.45) is 0. The molecule has 0 aliphatic heterocycles.